The third-order valence-corrected chi connectivity index (χ3v) is 5.96. The number of aromatic nitrogens is 4. The van der Waals surface area contributed by atoms with E-state index in [1.165, 1.54) is 0 Å². The summed E-state index contributed by atoms with van der Waals surface area (Å²) in [5.74, 6) is 0.788. The van der Waals surface area contributed by atoms with Crippen molar-refractivity contribution in [3.05, 3.63) is 108 Å². The van der Waals surface area contributed by atoms with Crippen LogP contribution in [0.25, 0.3) is 22.0 Å². The Labute approximate surface area is 220 Å². The zero-order valence-electron chi connectivity index (χ0n) is 21.1. The van der Waals surface area contributed by atoms with Gasteiger partial charge in [-0.15, -0.1) is 0 Å². The number of rotatable bonds is 8. The van der Waals surface area contributed by atoms with Crippen LogP contribution in [-0.2, 0) is 12.8 Å². The molecule has 38 heavy (non-hydrogen) atoms. The van der Waals surface area contributed by atoms with Gasteiger partial charge in [0.15, 0.2) is 0 Å². The lowest BCUT2D eigenvalue weighted by molar-refractivity contribution is 0.142. The normalized spacial score (nSPS) is 11.0. The van der Waals surface area contributed by atoms with E-state index in [2.05, 4.69) is 46.2 Å². The molecular formula is C30H27N5O3. The molecule has 2 heterocycles. The highest BCUT2D eigenvalue weighted by atomic mass is 16.7. The van der Waals surface area contributed by atoms with Crippen LogP contribution in [0, 0.1) is 0 Å². The van der Waals surface area contributed by atoms with Crippen LogP contribution in [0.5, 0.6) is 5.88 Å². The molecule has 0 bridgehead atoms. The summed E-state index contributed by atoms with van der Waals surface area (Å²) in [4.78, 5) is 29.1. The molecule has 0 saturated carbocycles. The SMILES string of the molecule is CC(C)Nc1ncnc2ccc(-c3cccc(Cc4nc(Cc5ccccc5)cnc4OC(=O)O)c3)cc12. The van der Waals surface area contributed by atoms with Crippen LogP contribution in [0.15, 0.2) is 85.3 Å². The Morgan fingerprint density at radius 1 is 0.895 bits per heavy atom. The number of carbonyl (C=O) groups is 1. The highest BCUT2D eigenvalue weighted by Crippen LogP contribution is 2.29. The van der Waals surface area contributed by atoms with Crippen LogP contribution in [0.3, 0.4) is 0 Å². The first-order valence-corrected chi connectivity index (χ1v) is 12.3. The first kappa shape index (κ1) is 24.8. The Hall–Kier alpha value is -4.85. The molecule has 0 atom stereocenters. The van der Waals surface area contributed by atoms with E-state index in [4.69, 9.17) is 9.72 Å². The van der Waals surface area contributed by atoms with Gasteiger partial charge in [0, 0.05) is 24.3 Å². The molecule has 5 aromatic rings. The smallest absolute Gasteiger partial charge is 0.449 e. The summed E-state index contributed by atoms with van der Waals surface area (Å²) >= 11 is 0. The van der Waals surface area contributed by atoms with Gasteiger partial charge in [-0.3, -0.25) is 0 Å². The van der Waals surface area contributed by atoms with Gasteiger partial charge in [0.2, 0.25) is 5.88 Å². The summed E-state index contributed by atoms with van der Waals surface area (Å²) in [7, 11) is 0. The Morgan fingerprint density at radius 2 is 1.68 bits per heavy atom. The molecule has 0 spiro atoms. The van der Waals surface area contributed by atoms with Crippen molar-refractivity contribution in [1.29, 1.82) is 0 Å². The molecule has 2 N–H and O–H groups in total. The van der Waals surface area contributed by atoms with Gasteiger partial charge in [-0.25, -0.2) is 24.7 Å². The minimum atomic E-state index is -1.42. The fourth-order valence-corrected chi connectivity index (χ4v) is 4.31. The summed E-state index contributed by atoms with van der Waals surface area (Å²) < 4.78 is 4.95. The molecule has 0 aliphatic rings. The zero-order valence-corrected chi connectivity index (χ0v) is 21.1. The third kappa shape index (κ3) is 5.92. The average Bonchev–Trinajstić information content (AvgIpc) is 2.90. The zero-order chi connectivity index (χ0) is 26.5. The number of carboxylic acid groups (broad SMARTS) is 1. The van der Waals surface area contributed by atoms with Crippen LogP contribution < -0.4 is 10.1 Å². The van der Waals surface area contributed by atoms with E-state index in [1.807, 2.05) is 60.7 Å². The van der Waals surface area contributed by atoms with Gasteiger partial charge >= 0.3 is 6.16 Å². The highest BCUT2D eigenvalue weighted by Gasteiger charge is 2.15. The van der Waals surface area contributed by atoms with Crippen molar-refractivity contribution in [3.8, 4) is 17.0 Å². The Balaban J connectivity index is 1.47. The van der Waals surface area contributed by atoms with Crippen LogP contribution in [0.1, 0.15) is 36.4 Å². The number of hydrogen-bond acceptors (Lipinski definition) is 7. The number of fused-ring (bicyclic) bond motifs is 1. The van der Waals surface area contributed by atoms with Crippen LogP contribution in [0.4, 0.5) is 10.6 Å². The molecule has 190 valence electrons. The van der Waals surface area contributed by atoms with Crippen LogP contribution in [-0.4, -0.2) is 37.2 Å². The summed E-state index contributed by atoms with van der Waals surface area (Å²) in [6, 6.07) is 24.3. The molecule has 0 saturated heterocycles. The molecule has 8 heteroatoms. The molecule has 8 nitrogen and oxygen atoms in total. The molecule has 0 radical (unpaired) electrons. The minimum absolute atomic E-state index is 0.00743. The summed E-state index contributed by atoms with van der Waals surface area (Å²) in [5, 5.41) is 13.5. The van der Waals surface area contributed by atoms with Crippen molar-refractivity contribution in [2.75, 3.05) is 5.32 Å². The van der Waals surface area contributed by atoms with E-state index < -0.39 is 6.16 Å². The molecular weight excluding hydrogens is 478 g/mol. The second-order valence-electron chi connectivity index (χ2n) is 9.27. The number of anilines is 1. The fraction of sp³-hybridized carbons (Fsp3) is 0.167. The number of hydrogen-bond donors (Lipinski definition) is 2. The van der Waals surface area contributed by atoms with E-state index >= 15 is 0 Å². The molecule has 0 aliphatic heterocycles. The maximum atomic E-state index is 11.3. The van der Waals surface area contributed by atoms with E-state index in [-0.39, 0.29) is 11.9 Å². The first-order valence-electron chi connectivity index (χ1n) is 12.3. The summed E-state index contributed by atoms with van der Waals surface area (Å²) in [6.45, 7) is 4.14. The quantitative estimate of drug-likeness (QED) is 0.242. The number of nitrogens with zero attached hydrogens (tertiary/aromatic N) is 4. The molecule has 5 rings (SSSR count). The highest BCUT2D eigenvalue weighted by molar-refractivity contribution is 5.92. The Bertz CT molecular complexity index is 1590. The van der Waals surface area contributed by atoms with Gasteiger partial charge in [-0.05, 0) is 48.2 Å². The number of nitrogens with one attached hydrogen (secondary N) is 1. The van der Waals surface area contributed by atoms with Crippen molar-refractivity contribution < 1.29 is 14.6 Å². The van der Waals surface area contributed by atoms with Crippen molar-refractivity contribution in [2.45, 2.75) is 32.7 Å². The second kappa shape index (κ2) is 11.0. The average molecular weight is 506 g/mol. The molecule has 0 amide bonds. The number of ether oxygens (including phenoxy) is 1. The molecule has 3 aromatic carbocycles. The van der Waals surface area contributed by atoms with Crippen molar-refractivity contribution in [1.82, 2.24) is 19.9 Å². The second-order valence-corrected chi connectivity index (χ2v) is 9.27. The molecule has 0 fully saturated rings. The third-order valence-electron chi connectivity index (χ3n) is 5.96. The standard InChI is InChI=1S/C30H27N5O3/c1-19(2)34-28-25-16-23(11-12-26(25)32-18-33-28)22-10-6-9-21(13-22)15-27-29(38-30(36)37)31-17-24(35-27)14-20-7-4-3-5-8-20/h3-13,16-19H,14-15H2,1-2H3,(H,36,37)(H,32,33,34). The number of benzene rings is 3. The Kier molecular flexibility index (Phi) is 7.21. The lowest BCUT2D eigenvalue weighted by atomic mass is 9.99. The lowest BCUT2D eigenvalue weighted by Crippen LogP contribution is -2.11. The summed E-state index contributed by atoms with van der Waals surface area (Å²) in [6.07, 6.45) is 2.65. The van der Waals surface area contributed by atoms with Gasteiger partial charge in [0.05, 0.1) is 17.4 Å². The van der Waals surface area contributed by atoms with E-state index in [0.717, 1.165) is 44.7 Å². The molecule has 2 aromatic heterocycles. The van der Waals surface area contributed by atoms with Crippen molar-refractivity contribution >= 4 is 22.9 Å². The fourth-order valence-electron chi connectivity index (χ4n) is 4.31. The molecule has 0 unspecified atom stereocenters. The van der Waals surface area contributed by atoms with Crippen LogP contribution >= 0.6 is 0 Å². The van der Waals surface area contributed by atoms with Gasteiger partial charge in [0.1, 0.15) is 17.8 Å². The topological polar surface area (TPSA) is 110 Å². The largest absolute Gasteiger partial charge is 0.512 e. The minimum Gasteiger partial charge on any atom is -0.449 e. The Morgan fingerprint density at radius 3 is 2.47 bits per heavy atom. The predicted molar refractivity (Wildman–Crippen MR) is 146 cm³/mol. The predicted octanol–water partition coefficient (Wildman–Crippen LogP) is 6.15. The first-order chi connectivity index (χ1) is 18.4. The van der Waals surface area contributed by atoms with Crippen molar-refractivity contribution in [2.24, 2.45) is 0 Å². The van der Waals surface area contributed by atoms with Crippen molar-refractivity contribution in [3.63, 3.8) is 0 Å². The summed E-state index contributed by atoms with van der Waals surface area (Å²) in [5.41, 5.74) is 6.14. The van der Waals surface area contributed by atoms with Gasteiger partial charge < -0.3 is 15.2 Å². The van der Waals surface area contributed by atoms with E-state index in [0.29, 0.717) is 18.5 Å². The van der Waals surface area contributed by atoms with E-state index in [9.17, 15) is 9.90 Å². The maximum Gasteiger partial charge on any atom is 0.512 e. The lowest BCUT2D eigenvalue weighted by Gasteiger charge is -2.13. The maximum absolute atomic E-state index is 11.3. The monoisotopic (exact) mass is 505 g/mol. The van der Waals surface area contributed by atoms with E-state index in [1.54, 1.807) is 12.5 Å². The van der Waals surface area contributed by atoms with Gasteiger partial charge in [0.25, 0.3) is 0 Å². The van der Waals surface area contributed by atoms with Gasteiger partial charge in [-0.2, -0.15) is 0 Å². The molecule has 0 aliphatic carbocycles. The van der Waals surface area contributed by atoms with Gasteiger partial charge in [-0.1, -0.05) is 60.7 Å². The van der Waals surface area contributed by atoms with Crippen LogP contribution in [0.2, 0.25) is 0 Å².